The van der Waals surface area contributed by atoms with Crippen LogP contribution in [0.1, 0.15) is 38.2 Å². The van der Waals surface area contributed by atoms with Crippen molar-refractivity contribution in [3.05, 3.63) is 29.8 Å². The summed E-state index contributed by atoms with van der Waals surface area (Å²) in [6.45, 7) is 4.28. The number of sulfonamides is 1. The summed E-state index contributed by atoms with van der Waals surface area (Å²) in [7, 11) is -3.50. The topological polar surface area (TPSA) is 83.7 Å². The van der Waals surface area contributed by atoms with Gasteiger partial charge in [0.1, 0.15) is 0 Å². The molecule has 0 bridgehead atoms. The highest BCUT2D eigenvalue weighted by atomic mass is 32.2. The second-order valence-corrected chi connectivity index (χ2v) is 9.59. The molecule has 1 heterocycles. The van der Waals surface area contributed by atoms with Gasteiger partial charge in [-0.3, -0.25) is 4.79 Å². The maximum Gasteiger partial charge on any atom is 0.243 e. The van der Waals surface area contributed by atoms with Gasteiger partial charge in [-0.2, -0.15) is 4.31 Å². The van der Waals surface area contributed by atoms with Crippen LogP contribution in [0.25, 0.3) is 0 Å². The van der Waals surface area contributed by atoms with Crippen LogP contribution in [0.3, 0.4) is 0 Å². The van der Waals surface area contributed by atoms with Crippen molar-refractivity contribution in [2.24, 2.45) is 17.6 Å². The molecule has 1 aromatic rings. The van der Waals surface area contributed by atoms with Crippen LogP contribution in [0.5, 0.6) is 0 Å². The largest absolute Gasteiger partial charge is 0.340 e. The van der Waals surface area contributed by atoms with Crippen LogP contribution in [-0.4, -0.2) is 56.3 Å². The van der Waals surface area contributed by atoms with Gasteiger partial charge in [0.05, 0.1) is 4.90 Å². The summed E-state index contributed by atoms with van der Waals surface area (Å²) in [4.78, 5) is 15.0. The maximum atomic E-state index is 12.9. The van der Waals surface area contributed by atoms with E-state index < -0.39 is 10.0 Å². The first-order chi connectivity index (χ1) is 13.0. The molecule has 150 valence electrons. The van der Waals surface area contributed by atoms with Crippen molar-refractivity contribution in [2.45, 2.75) is 43.9 Å². The minimum absolute atomic E-state index is 0.0178. The lowest BCUT2D eigenvalue weighted by Gasteiger charge is -2.36. The highest BCUT2D eigenvalue weighted by Gasteiger charge is 2.37. The fraction of sp³-hybridized carbons (Fsp3) is 0.650. The third-order valence-electron chi connectivity index (χ3n) is 5.93. The number of piperazine rings is 1. The van der Waals surface area contributed by atoms with E-state index >= 15 is 0 Å². The normalized spacial score (nSPS) is 24.3. The third-order valence-corrected chi connectivity index (χ3v) is 7.84. The van der Waals surface area contributed by atoms with Gasteiger partial charge in [0.25, 0.3) is 0 Å². The summed E-state index contributed by atoms with van der Waals surface area (Å²) in [5.41, 5.74) is 6.96. The fourth-order valence-electron chi connectivity index (χ4n) is 4.29. The average molecular weight is 394 g/mol. The molecule has 3 rings (SSSR count). The first-order valence-corrected chi connectivity index (χ1v) is 11.5. The Hall–Kier alpha value is -1.44. The van der Waals surface area contributed by atoms with E-state index in [0.717, 1.165) is 37.7 Å². The Morgan fingerprint density at radius 2 is 1.78 bits per heavy atom. The van der Waals surface area contributed by atoms with Crippen LogP contribution in [0.4, 0.5) is 0 Å². The number of nitrogens with two attached hydrogens (primary N) is 1. The van der Waals surface area contributed by atoms with Crippen LogP contribution in [0, 0.1) is 11.8 Å². The minimum Gasteiger partial charge on any atom is -0.340 e. The Morgan fingerprint density at radius 3 is 2.37 bits per heavy atom. The van der Waals surface area contributed by atoms with Gasteiger partial charge in [-0.25, -0.2) is 8.42 Å². The van der Waals surface area contributed by atoms with Gasteiger partial charge in [-0.05, 0) is 49.4 Å². The summed E-state index contributed by atoms with van der Waals surface area (Å²) in [5, 5.41) is 0. The molecule has 1 aliphatic carbocycles. The van der Waals surface area contributed by atoms with Gasteiger partial charge >= 0.3 is 0 Å². The van der Waals surface area contributed by atoms with Crippen molar-refractivity contribution in [2.75, 3.05) is 32.7 Å². The summed E-state index contributed by atoms with van der Waals surface area (Å²) in [6, 6.07) is 7.18. The van der Waals surface area contributed by atoms with E-state index in [0.29, 0.717) is 37.6 Å². The van der Waals surface area contributed by atoms with Crippen molar-refractivity contribution in [3.8, 4) is 0 Å². The van der Waals surface area contributed by atoms with E-state index in [2.05, 4.69) is 6.92 Å². The van der Waals surface area contributed by atoms with Gasteiger partial charge in [0.15, 0.2) is 0 Å². The van der Waals surface area contributed by atoms with E-state index in [4.69, 9.17) is 5.73 Å². The second kappa shape index (κ2) is 8.71. The van der Waals surface area contributed by atoms with Crippen LogP contribution in [-0.2, 0) is 21.2 Å². The first kappa shape index (κ1) is 20.3. The number of hydrogen-bond acceptors (Lipinski definition) is 4. The van der Waals surface area contributed by atoms with E-state index in [-0.39, 0.29) is 17.7 Å². The summed E-state index contributed by atoms with van der Waals surface area (Å²) >= 11 is 0. The third kappa shape index (κ3) is 4.36. The fourth-order valence-corrected chi connectivity index (χ4v) is 5.72. The van der Waals surface area contributed by atoms with Gasteiger partial charge < -0.3 is 10.6 Å². The molecule has 27 heavy (non-hydrogen) atoms. The molecule has 2 N–H and O–H groups in total. The van der Waals surface area contributed by atoms with Gasteiger partial charge in [-0.15, -0.1) is 0 Å². The second-order valence-electron chi connectivity index (χ2n) is 7.66. The van der Waals surface area contributed by atoms with Crippen LogP contribution in [0.2, 0.25) is 0 Å². The molecule has 2 fully saturated rings. The van der Waals surface area contributed by atoms with Crippen molar-refractivity contribution < 1.29 is 13.2 Å². The molecular weight excluding hydrogens is 362 g/mol. The Morgan fingerprint density at radius 1 is 1.11 bits per heavy atom. The molecule has 0 unspecified atom stereocenters. The number of rotatable bonds is 6. The molecular formula is C20H31N3O3S. The highest BCUT2D eigenvalue weighted by molar-refractivity contribution is 7.89. The van der Waals surface area contributed by atoms with Crippen LogP contribution >= 0.6 is 0 Å². The smallest absolute Gasteiger partial charge is 0.243 e. The summed E-state index contributed by atoms with van der Waals surface area (Å²) < 4.78 is 27.3. The molecule has 1 amide bonds. The molecule has 1 saturated heterocycles. The number of carbonyl (C=O) groups excluding carboxylic acids is 1. The lowest BCUT2D eigenvalue weighted by molar-refractivity contribution is -0.137. The zero-order chi connectivity index (χ0) is 19.4. The number of amides is 1. The number of benzene rings is 1. The zero-order valence-electron chi connectivity index (χ0n) is 16.1. The van der Waals surface area contributed by atoms with Crippen LogP contribution in [0.15, 0.2) is 29.2 Å². The number of nitrogens with zero attached hydrogens (tertiary/aromatic N) is 2. The molecule has 0 spiro atoms. The molecule has 0 radical (unpaired) electrons. The van der Waals surface area contributed by atoms with E-state index in [1.807, 2.05) is 17.0 Å². The number of hydrogen-bond donors (Lipinski definition) is 1. The zero-order valence-corrected chi connectivity index (χ0v) is 17.0. The predicted octanol–water partition coefficient (Wildman–Crippen LogP) is 1.85. The standard InChI is InChI=1S/C20H31N3O3S/c1-2-4-16-7-9-18(10-8-16)27(25,26)23-13-11-22(12-14-23)20(24)19-6-3-5-17(19)15-21/h7-10,17,19H,2-6,11-15,21H2,1H3/t17-,19-/m1/s1. The molecule has 0 aromatic heterocycles. The van der Waals surface area contributed by atoms with E-state index in [1.54, 1.807) is 12.1 Å². The molecule has 1 saturated carbocycles. The maximum absolute atomic E-state index is 12.9. The quantitative estimate of drug-likeness (QED) is 0.799. The van der Waals surface area contributed by atoms with E-state index in [9.17, 15) is 13.2 Å². The summed E-state index contributed by atoms with van der Waals surface area (Å²) in [5.74, 6) is 0.453. The minimum atomic E-state index is -3.50. The number of aryl methyl sites for hydroxylation is 1. The molecule has 1 aromatic carbocycles. The lowest BCUT2D eigenvalue weighted by Crippen LogP contribution is -2.52. The Balaban J connectivity index is 1.61. The average Bonchev–Trinajstić information content (AvgIpc) is 3.17. The molecule has 1 aliphatic heterocycles. The van der Waals surface area contributed by atoms with Crippen LogP contribution < -0.4 is 5.73 Å². The van der Waals surface area contributed by atoms with Crippen molar-refractivity contribution in [1.29, 1.82) is 0 Å². The Bertz CT molecular complexity index is 740. The van der Waals surface area contributed by atoms with Gasteiger partial charge in [-0.1, -0.05) is 31.9 Å². The highest BCUT2D eigenvalue weighted by Crippen LogP contribution is 2.32. The molecule has 2 aliphatic rings. The first-order valence-electron chi connectivity index (χ1n) is 10.0. The lowest BCUT2D eigenvalue weighted by atomic mass is 9.94. The summed E-state index contributed by atoms with van der Waals surface area (Å²) in [6.07, 6.45) is 4.97. The van der Waals surface area contributed by atoms with Crippen molar-refractivity contribution >= 4 is 15.9 Å². The predicted molar refractivity (Wildman–Crippen MR) is 106 cm³/mol. The number of carbonyl (C=O) groups is 1. The SMILES string of the molecule is CCCc1ccc(S(=O)(=O)N2CCN(C(=O)[C@@H]3CCC[C@@H]3CN)CC2)cc1. The Labute approximate surface area is 162 Å². The van der Waals surface area contributed by atoms with E-state index in [1.165, 1.54) is 4.31 Å². The molecule has 2 atom stereocenters. The monoisotopic (exact) mass is 393 g/mol. The van der Waals surface area contributed by atoms with Gasteiger partial charge in [0, 0.05) is 32.1 Å². The van der Waals surface area contributed by atoms with Crippen molar-refractivity contribution in [1.82, 2.24) is 9.21 Å². The van der Waals surface area contributed by atoms with Gasteiger partial charge in [0.2, 0.25) is 15.9 Å². The molecule has 6 nitrogen and oxygen atoms in total. The Kier molecular flexibility index (Phi) is 6.55. The molecule has 7 heteroatoms. The van der Waals surface area contributed by atoms with Crippen molar-refractivity contribution in [3.63, 3.8) is 0 Å².